The van der Waals surface area contributed by atoms with Gasteiger partial charge in [0.05, 0.1) is 6.54 Å². The van der Waals surface area contributed by atoms with Crippen LogP contribution in [0.15, 0.2) is 55.0 Å². The molecule has 4 aromatic rings. The van der Waals surface area contributed by atoms with Crippen LogP contribution in [0.2, 0.25) is 10.0 Å². The van der Waals surface area contributed by atoms with E-state index in [2.05, 4.69) is 20.5 Å². The number of hydrogen-bond donors (Lipinski definition) is 1. The molecule has 0 aliphatic rings. The predicted octanol–water partition coefficient (Wildman–Crippen LogP) is 4.40. The molecule has 8 nitrogen and oxygen atoms in total. The molecule has 2 aromatic heterocycles. The summed E-state index contributed by atoms with van der Waals surface area (Å²) >= 11 is 12.3. The lowest BCUT2D eigenvalue weighted by molar-refractivity contribution is 0.101. The van der Waals surface area contributed by atoms with Gasteiger partial charge in [-0.25, -0.2) is 23.1 Å². The van der Waals surface area contributed by atoms with E-state index in [-0.39, 0.29) is 30.7 Å². The molecule has 4 rings (SSSR count). The number of nitrogens with zero attached hydrogens (tertiary/aromatic N) is 5. The molecular formula is C20H14Cl2F2N6O2. The highest BCUT2D eigenvalue weighted by atomic mass is 35.5. The molecule has 164 valence electrons. The molecule has 0 bridgehead atoms. The van der Waals surface area contributed by atoms with Crippen molar-refractivity contribution in [1.29, 1.82) is 0 Å². The summed E-state index contributed by atoms with van der Waals surface area (Å²) in [5, 5.41) is 11.7. The van der Waals surface area contributed by atoms with Gasteiger partial charge >= 0.3 is 0 Å². The molecule has 32 heavy (non-hydrogen) atoms. The summed E-state index contributed by atoms with van der Waals surface area (Å²) in [5.74, 6) is -2.17. The van der Waals surface area contributed by atoms with Gasteiger partial charge in [-0.2, -0.15) is 5.10 Å². The summed E-state index contributed by atoms with van der Waals surface area (Å²) in [5.41, 5.74) is 0.744. The molecule has 0 saturated heterocycles. The van der Waals surface area contributed by atoms with Crippen LogP contribution in [0.5, 0.6) is 5.75 Å². The molecule has 1 amide bonds. The summed E-state index contributed by atoms with van der Waals surface area (Å²) in [6.07, 6.45) is 2.90. The Hall–Kier alpha value is -3.50. The Morgan fingerprint density at radius 2 is 1.84 bits per heavy atom. The fourth-order valence-corrected chi connectivity index (χ4v) is 3.24. The predicted molar refractivity (Wildman–Crippen MR) is 113 cm³/mol. The number of carbonyl (C=O) groups excluding carboxylic acids is 1. The molecular weight excluding hydrogens is 465 g/mol. The van der Waals surface area contributed by atoms with Crippen molar-refractivity contribution >= 4 is 35.1 Å². The Bertz CT molecular complexity index is 1260. The zero-order valence-corrected chi connectivity index (χ0v) is 17.7. The Kier molecular flexibility index (Phi) is 6.33. The Morgan fingerprint density at radius 3 is 2.59 bits per heavy atom. The van der Waals surface area contributed by atoms with E-state index in [1.54, 1.807) is 18.2 Å². The van der Waals surface area contributed by atoms with E-state index in [9.17, 15) is 13.6 Å². The number of nitrogens with one attached hydrogen (secondary N) is 1. The van der Waals surface area contributed by atoms with E-state index in [0.29, 0.717) is 21.7 Å². The average Bonchev–Trinajstić information content (AvgIpc) is 3.40. The van der Waals surface area contributed by atoms with Crippen LogP contribution in [-0.2, 0) is 13.3 Å². The lowest BCUT2D eigenvalue weighted by atomic mass is 10.2. The van der Waals surface area contributed by atoms with Gasteiger partial charge in [0.15, 0.2) is 24.0 Å². The fraction of sp³-hybridized carbons (Fsp3) is 0.100. The second kappa shape index (κ2) is 9.33. The van der Waals surface area contributed by atoms with E-state index < -0.39 is 17.5 Å². The summed E-state index contributed by atoms with van der Waals surface area (Å²) in [7, 11) is 0. The Morgan fingerprint density at radius 1 is 1.06 bits per heavy atom. The van der Waals surface area contributed by atoms with E-state index in [1.807, 2.05) is 0 Å². The zero-order chi connectivity index (χ0) is 22.7. The minimum atomic E-state index is -0.838. The lowest BCUT2D eigenvalue weighted by Crippen LogP contribution is -2.15. The lowest BCUT2D eigenvalue weighted by Gasteiger charge is -2.07. The Balaban J connectivity index is 1.36. The van der Waals surface area contributed by atoms with Gasteiger partial charge in [-0.1, -0.05) is 29.3 Å². The van der Waals surface area contributed by atoms with Crippen molar-refractivity contribution in [1.82, 2.24) is 24.5 Å². The third-order valence-corrected chi connectivity index (χ3v) is 4.97. The number of rotatable bonds is 7. The summed E-state index contributed by atoms with van der Waals surface area (Å²) in [6.45, 7) is 0.0919. The molecule has 2 aromatic carbocycles. The van der Waals surface area contributed by atoms with Crippen LogP contribution in [0.4, 0.5) is 14.7 Å². The highest BCUT2D eigenvalue weighted by molar-refractivity contribution is 6.35. The number of ether oxygens (including phenoxy) is 1. The van der Waals surface area contributed by atoms with Crippen LogP contribution < -0.4 is 10.1 Å². The maximum Gasteiger partial charge on any atom is 0.278 e. The topological polar surface area (TPSA) is 86.9 Å². The smallest absolute Gasteiger partial charge is 0.278 e. The number of halogens is 4. The molecule has 1 N–H and O–H groups in total. The van der Waals surface area contributed by atoms with Gasteiger partial charge in [-0.05, 0) is 30.3 Å². The molecule has 0 spiro atoms. The van der Waals surface area contributed by atoms with Gasteiger partial charge in [0.25, 0.3) is 5.91 Å². The van der Waals surface area contributed by atoms with Crippen LogP contribution in [0.3, 0.4) is 0 Å². The van der Waals surface area contributed by atoms with Gasteiger partial charge in [0.1, 0.15) is 12.1 Å². The van der Waals surface area contributed by atoms with E-state index in [0.717, 1.165) is 6.07 Å². The monoisotopic (exact) mass is 478 g/mol. The first-order chi connectivity index (χ1) is 15.4. The quantitative estimate of drug-likeness (QED) is 0.425. The molecule has 0 fully saturated rings. The SMILES string of the molecule is O=C(Nc1ncn(Cc2c(Cl)cccc2Cl)n1)c1ccn(COc2ccc(F)cc2F)n1. The van der Waals surface area contributed by atoms with E-state index in [1.165, 1.54) is 34.0 Å². The molecule has 0 unspecified atom stereocenters. The summed E-state index contributed by atoms with van der Waals surface area (Å²) in [6, 6.07) is 9.57. The van der Waals surface area contributed by atoms with Crippen molar-refractivity contribution in [3.63, 3.8) is 0 Å². The molecule has 0 aliphatic carbocycles. The highest BCUT2D eigenvalue weighted by Crippen LogP contribution is 2.25. The van der Waals surface area contributed by atoms with Gasteiger partial charge in [0, 0.05) is 27.9 Å². The van der Waals surface area contributed by atoms with Crippen LogP contribution in [-0.4, -0.2) is 30.5 Å². The number of anilines is 1. The van der Waals surface area contributed by atoms with Crippen molar-refractivity contribution < 1.29 is 18.3 Å². The molecule has 0 atom stereocenters. The zero-order valence-electron chi connectivity index (χ0n) is 16.2. The third-order valence-electron chi connectivity index (χ3n) is 4.26. The second-order valence-electron chi connectivity index (χ2n) is 6.51. The van der Waals surface area contributed by atoms with E-state index >= 15 is 0 Å². The van der Waals surface area contributed by atoms with Crippen LogP contribution in [0.1, 0.15) is 16.1 Å². The average molecular weight is 479 g/mol. The maximum absolute atomic E-state index is 13.6. The standard InChI is InChI=1S/C20H14Cl2F2N6O2/c21-14-2-1-3-15(22)13(14)9-30-10-25-20(28-30)26-19(31)17-6-7-29(27-17)11-32-18-5-4-12(23)8-16(18)24/h1-8,10H,9,11H2,(H,26,28,31). The number of hydrogen-bond acceptors (Lipinski definition) is 5. The summed E-state index contributed by atoms with van der Waals surface area (Å²) < 4.78 is 34.6. The van der Waals surface area contributed by atoms with Gasteiger partial charge < -0.3 is 4.74 Å². The molecule has 0 radical (unpaired) electrons. The van der Waals surface area contributed by atoms with Crippen molar-refractivity contribution in [2.24, 2.45) is 0 Å². The van der Waals surface area contributed by atoms with Crippen LogP contribution in [0, 0.1) is 11.6 Å². The fourth-order valence-electron chi connectivity index (χ4n) is 2.72. The van der Waals surface area contributed by atoms with Crippen molar-refractivity contribution in [3.8, 4) is 5.75 Å². The minimum absolute atomic E-state index is 0.0670. The van der Waals surface area contributed by atoms with Crippen molar-refractivity contribution in [2.75, 3.05) is 5.32 Å². The normalized spacial score (nSPS) is 10.9. The van der Waals surface area contributed by atoms with Crippen LogP contribution in [0.25, 0.3) is 0 Å². The first kappa shape index (κ1) is 21.7. The first-order valence-corrected chi connectivity index (χ1v) is 9.89. The number of benzene rings is 2. The van der Waals surface area contributed by atoms with Gasteiger partial charge in [-0.15, -0.1) is 5.10 Å². The Labute approximate surface area is 190 Å². The molecule has 12 heteroatoms. The van der Waals surface area contributed by atoms with E-state index in [4.69, 9.17) is 27.9 Å². The van der Waals surface area contributed by atoms with Crippen LogP contribution >= 0.6 is 23.2 Å². The van der Waals surface area contributed by atoms with Crippen molar-refractivity contribution in [3.05, 3.63) is 87.9 Å². The first-order valence-electron chi connectivity index (χ1n) is 9.14. The number of carbonyl (C=O) groups is 1. The largest absolute Gasteiger partial charge is 0.468 e. The van der Waals surface area contributed by atoms with Crippen molar-refractivity contribution in [2.45, 2.75) is 13.3 Å². The molecule has 2 heterocycles. The third kappa shape index (κ3) is 5.04. The molecule has 0 aliphatic heterocycles. The van der Waals surface area contributed by atoms with Gasteiger partial charge in [0.2, 0.25) is 5.95 Å². The second-order valence-corrected chi connectivity index (χ2v) is 7.32. The maximum atomic E-state index is 13.6. The van der Waals surface area contributed by atoms with Gasteiger partial charge in [-0.3, -0.25) is 10.1 Å². The minimum Gasteiger partial charge on any atom is -0.468 e. The molecule has 0 saturated carbocycles. The highest BCUT2D eigenvalue weighted by Gasteiger charge is 2.14. The summed E-state index contributed by atoms with van der Waals surface area (Å²) in [4.78, 5) is 16.4. The number of amides is 1. The number of aromatic nitrogens is 5.